The number of benzene rings is 1. The zero-order valence-corrected chi connectivity index (χ0v) is 14.0. The zero-order chi connectivity index (χ0) is 16.4. The van der Waals surface area contributed by atoms with Crippen LogP contribution in [0, 0.1) is 0 Å². The fourth-order valence-corrected chi connectivity index (χ4v) is 3.85. The maximum absolute atomic E-state index is 13.0. The van der Waals surface area contributed by atoms with Crippen molar-refractivity contribution >= 4 is 20.6 Å². The molecule has 1 aromatic heterocycles. The van der Waals surface area contributed by atoms with Gasteiger partial charge in [-0.3, -0.25) is 13.7 Å². The molecule has 0 saturated carbocycles. The molecule has 21 heavy (non-hydrogen) atoms. The van der Waals surface area contributed by atoms with Crippen molar-refractivity contribution in [3.8, 4) is 0 Å². The minimum Gasteiger partial charge on any atom is -0.286 e. The summed E-state index contributed by atoms with van der Waals surface area (Å²) in [7, 11) is -1.73. The van der Waals surface area contributed by atoms with Gasteiger partial charge >= 0.3 is 5.51 Å². The van der Waals surface area contributed by atoms with Crippen LogP contribution in [-0.4, -0.2) is 0 Å². The van der Waals surface area contributed by atoms with Gasteiger partial charge < -0.3 is 0 Å². The molecule has 0 N–H and O–H groups in total. The first-order valence-electron chi connectivity index (χ1n) is 5.64. The molecule has 0 radical (unpaired) electrons. The highest BCUT2D eigenvalue weighted by Crippen LogP contribution is 2.52. The number of rotatable bonds is 1. The molecule has 1 unspecified atom stereocenters. The number of alkyl halides is 3. The van der Waals surface area contributed by atoms with Gasteiger partial charge in [-0.1, -0.05) is 26.0 Å². The molecular weight excluding hydrogens is 424 g/mol. The lowest BCUT2D eigenvalue weighted by Gasteiger charge is -2.08. The minimum atomic E-state index is -5.94. The van der Waals surface area contributed by atoms with Crippen LogP contribution in [0.4, 0.5) is 13.2 Å². The monoisotopic (exact) mass is 436 g/mol. The average Bonchev–Trinajstić information content (AvgIpc) is 2.65. The first kappa shape index (κ1) is 18.6. The number of thiophene rings is 1. The van der Waals surface area contributed by atoms with Crippen LogP contribution >= 0.6 is 10.5 Å². The van der Waals surface area contributed by atoms with Crippen LogP contribution in [0.25, 0.3) is 10.1 Å². The molecule has 0 spiro atoms. The van der Waals surface area contributed by atoms with Gasteiger partial charge in [0, 0.05) is 17.4 Å². The minimum absolute atomic E-state index is 0.0719. The molecule has 1 aromatic carbocycles. The van der Waals surface area contributed by atoms with Crippen molar-refractivity contribution in [3.63, 3.8) is 0 Å². The second kappa shape index (κ2) is 6.75. The van der Waals surface area contributed by atoms with E-state index in [9.17, 15) is 13.2 Å². The van der Waals surface area contributed by atoms with E-state index in [4.69, 9.17) is 13.7 Å². The van der Waals surface area contributed by atoms with E-state index in [-0.39, 0.29) is 5.92 Å². The molecule has 2 aromatic rings. The van der Waals surface area contributed by atoms with E-state index in [1.54, 1.807) is 30.3 Å². The third-order valence-electron chi connectivity index (χ3n) is 2.47. The van der Waals surface area contributed by atoms with Crippen LogP contribution in [0.15, 0.2) is 30.3 Å². The van der Waals surface area contributed by atoms with E-state index in [0.29, 0.717) is 15.0 Å². The van der Waals surface area contributed by atoms with E-state index in [1.807, 2.05) is 13.8 Å². The van der Waals surface area contributed by atoms with Crippen LogP contribution in [0.3, 0.4) is 0 Å². The predicted octanol–water partition coefficient (Wildman–Crippen LogP) is -2.56. The molecule has 0 aliphatic heterocycles. The summed E-state index contributed by atoms with van der Waals surface area (Å²) in [6, 6.07) is 8.46. The van der Waals surface area contributed by atoms with Crippen molar-refractivity contribution in [3.05, 3.63) is 35.2 Å². The first-order valence-corrected chi connectivity index (χ1v) is 10.4. The van der Waals surface area contributed by atoms with Gasteiger partial charge in [0.05, 0.1) is 10.5 Å². The fraction of sp³-hybridized carbons (Fsp3) is 0.333. The average molecular weight is 436 g/mol. The number of hydrogen-bond acceptors (Lipinski definition) is 4. The summed E-state index contributed by atoms with van der Waals surface area (Å²) in [6.45, 7) is 3.62. The summed E-state index contributed by atoms with van der Waals surface area (Å²) < 4.78 is 73.9. The van der Waals surface area contributed by atoms with Crippen molar-refractivity contribution in [2.45, 2.75) is 25.3 Å². The molecule has 0 amide bonds. The van der Waals surface area contributed by atoms with Crippen LogP contribution < -0.4 is 33.8 Å². The van der Waals surface area contributed by atoms with E-state index in [1.165, 1.54) is 0 Å². The molecule has 2 rings (SSSR count). The lowest BCUT2D eigenvalue weighted by molar-refractivity contribution is -2.00. The molecule has 0 bridgehead atoms. The second-order valence-corrected chi connectivity index (χ2v) is 8.51. The first-order chi connectivity index (χ1) is 9.41. The van der Waals surface area contributed by atoms with Gasteiger partial charge in [0.2, 0.25) is 0 Å². The normalized spacial score (nSPS) is 13.3. The van der Waals surface area contributed by atoms with Crippen LogP contribution in [-0.2, 0) is 5.51 Å². The summed E-state index contributed by atoms with van der Waals surface area (Å²) in [6.07, 6.45) is 0. The molecule has 0 saturated heterocycles. The number of halogens is 4. The second-order valence-electron chi connectivity index (χ2n) is 4.37. The largest absolute Gasteiger partial charge is 0.600 e. The van der Waals surface area contributed by atoms with E-state index < -0.39 is 36.1 Å². The molecule has 0 aliphatic carbocycles. The van der Waals surface area contributed by atoms with Gasteiger partial charge in [0.15, 0.2) is 9.58 Å². The summed E-state index contributed by atoms with van der Waals surface area (Å²) in [5.74, 6) is -0.0719. The summed E-state index contributed by atoms with van der Waals surface area (Å²) >= 11 is -5.94. The molecule has 0 fully saturated rings. The van der Waals surface area contributed by atoms with Crippen molar-refractivity contribution < 1.29 is 47.0 Å². The Balaban J connectivity index is 0.000000383. The Morgan fingerprint density at radius 1 is 1.05 bits per heavy atom. The zero-order valence-electron chi connectivity index (χ0n) is 11.0. The number of hydrogen-bond donors (Lipinski definition) is 0. The third kappa shape index (κ3) is 5.68. The Kier molecular flexibility index (Phi) is 5.98. The van der Waals surface area contributed by atoms with E-state index in [0.717, 1.165) is 0 Å². The van der Waals surface area contributed by atoms with Crippen molar-refractivity contribution in [2.24, 2.45) is 0 Å². The van der Waals surface area contributed by atoms with Gasteiger partial charge in [-0.2, -0.15) is 0 Å². The topological polar surface area (TPSA) is 92.2 Å². The van der Waals surface area contributed by atoms with E-state index in [2.05, 4.69) is 0 Å². The maximum atomic E-state index is 13.0. The highest BCUT2D eigenvalue weighted by Gasteiger charge is 2.48. The van der Waals surface area contributed by atoms with Crippen molar-refractivity contribution in [1.82, 2.24) is 0 Å². The van der Waals surface area contributed by atoms with Gasteiger partial charge in [-0.25, -0.2) is 0 Å². The SMILES string of the molecule is CC(C)c1cc2ccccc2[s+]1C(F)(F)F.[O-][I+3]([O-])([O-])[O-]. The van der Waals surface area contributed by atoms with Gasteiger partial charge in [0.1, 0.15) is 20.1 Å². The Hall–Kier alpha value is -0.460. The van der Waals surface area contributed by atoms with Crippen LogP contribution in [0.2, 0.25) is 0 Å². The summed E-state index contributed by atoms with van der Waals surface area (Å²) in [5, 5.41) is 0.715. The Morgan fingerprint density at radius 3 is 1.95 bits per heavy atom. The molecule has 0 aliphatic rings. The Bertz CT molecular complexity index is 599. The lowest BCUT2D eigenvalue weighted by atomic mass is 10.1. The lowest BCUT2D eigenvalue weighted by Crippen LogP contribution is -4.29. The molecule has 1 heterocycles. The van der Waals surface area contributed by atoms with E-state index >= 15 is 0 Å². The van der Waals surface area contributed by atoms with Gasteiger partial charge in [0.25, 0.3) is 0 Å². The third-order valence-corrected chi connectivity index (χ3v) is 4.81. The van der Waals surface area contributed by atoms with Crippen molar-refractivity contribution in [2.75, 3.05) is 0 Å². The highest BCUT2D eigenvalue weighted by molar-refractivity contribution is 7.38. The smallest absolute Gasteiger partial charge is 0.286 e. The van der Waals surface area contributed by atoms with Crippen molar-refractivity contribution in [1.29, 1.82) is 0 Å². The summed E-state index contributed by atoms with van der Waals surface area (Å²) in [5.41, 5.74) is -4.16. The van der Waals surface area contributed by atoms with Crippen LogP contribution in [0.5, 0.6) is 0 Å². The Morgan fingerprint density at radius 2 is 1.52 bits per heavy atom. The van der Waals surface area contributed by atoms with Crippen LogP contribution in [0.1, 0.15) is 24.6 Å². The molecule has 9 heteroatoms. The quantitative estimate of drug-likeness (QED) is 0.363. The predicted molar refractivity (Wildman–Crippen MR) is 61.8 cm³/mol. The fourth-order valence-electron chi connectivity index (χ4n) is 1.79. The summed E-state index contributed by atoms with van der Waals surface area (Å²) in [4.78, 5) is 0.494. The molecule has 1 atom stereocenters. The Labute approximate surface area is 128 Å². The highest BCUT2D eigenvalue weighted by atomic mass is 127. The van der Waals surface area contributed by atoms with Gasteiger partial charge in [-0.05, 0) is 12.1 Å². The molecule has 4 nitrogen and oxygen atoms in total. The van der Waals surface area contributed by atoms with Gasteiger partial charge in [-0.15, -0.1) is 13.2 Å². The standard InChI is InChI=1S/C12H12F3S.IO4/c1-8(2)11-7-9-5-3-4-6-10(9)16(11)12(13,14)15;2-1(3,4)5/h3-8H,1-2H3;/q+1;-1. The molecular formula is C12H12F3IO4S. The molecule has 118 valence electrons. The maximum Gasteiger partial charge on any atom is 0.600 e. The number of fused-ring (bicyclic) bond motifs is 1.